The Morgan fingerprint density at radius 1 is 1.32 bits per heavy atom. The highest BCUT2D eigenvalue weighted by Crippen LogP contribution is 2.49. The van der Waals surface area contributed by atoms with Crippen molar-refractivity contribution in [3.63, 3.8) is 0 Å². The number of amides is 1. The fraction of sp³-hybridized carbons (Fsp3) is 0.588. The third-order valence-electron chi connectivity index (χ3n) is 5.08. The van der Waals surface area contributed by atoms with Gasteiger partial charge in [0.05, 0.1) is 0 Å². The summed E-state index contributed by atoms with van der Waals surface area (Å²) in [6.45, 7) is 1.86. The van der Waals surface area contributed by atoms with Gasteiger partial charge in [0.1, 0.15) is 5.75 Å². The third kappa shape index (κ3) is 3.23. The average molecular weight is 309 g/mol. The topological polar surface area (TPSA) is 38.3 Å². The average Bonchev–Trinajstić information content (AvgIpc) is 3.11. The zero-order valence-electron chi connectivity index (χ0n) is 12.6. The number of hydrogen-bond acceptors (Lipinski definition) is 2. The smallest absolute Gasteiger partial charge is 0.258 e. The molecule has 5 heteroatoms. The molecule has 1 aromatic rings. The minimum Gasteiger partial charge on any atom is -0.484 e. The SMILES string of the molecule is CC(NC(=O)COc1ccc(F)c(F)c1)C1CC2CCC1C2. The van der Waals surface area contributed by atoms with Crippen LogP contribution < -0.4 is 10.1 Å². The van der Waals surface area contributed by atoms with Gasteiger partial charge in [0.15, 0.2) is 18.2 Å². The lowest BCUT2D eigenvalue weighted by atomic mass is 9.84. The van der Waals surface area contributed by atoms with Crippen molar-refractivity contribution in [2.45, 2.75) is 38.6 Å². The van der Waals surface area contributed by atoms with E-state index >= 15 is 0 Å². The van der Waals surface area contributed by atoms with Crippen LogP contribution in [0.5, 0.6) is 5.75 Å². The van der Waals surface area contributed by atoms with E-state index in [9.17, 15) is 13.6 Å². The Kier molecular flexibility index (Phi) is 4.32. The van der Waals surface area contributed by atoms with Crippen molar-refractivity contribution in [1.29, 1.82) is 0 Å². The number of carbonyl (C=O) groups excluding carboxylic acids is 1. The van der Waals surface area contributed by atoms with Gasteiger partial charge in [0.2, 0.25) is 0 Å². The van der Waals surface area contributed by atoms with Gasteiger partial charge in [-0.1, -0.05) is 6.42 Å². The maximum absolute atomic E-state index is 13.0. The van der Waals surface area contributed by atoms with Gasteiger partial charge in [0, 0.05) is 12.1 Å². The lowest BCUT2D eigenvalue weighted by molar-refractivity contribution is -0.124. The predicted octanol–water partition coefficient (Wildman–Crippen LogP) is 3.28. The van der Waals surface area contributed by atoms with Gasteiger partial charge in [0.25, 0.3) is 5.91 Å². The van der Waals surface area contributed by atoms with Crippen molar-refractivity contribution in [1.82, 2.24) is 5.32 Å². The number of carbonyl (C=O) groups is 1. The molecule has 2 saturated carbocycles. The monoisotopic (exact) mass is 309 g/mol. The number of benzene rings is 1. The van der Waals surface area contributed by atoms with Gasteiger partial charge in [-0.15, -0.1) is 0 Å². The zero-order chi connectivity index (χ0) is 15.7. The fourth-order valence-electron chi connectivity index (χ4n) is 4.02. The Balaban J connectivity index is 1.47. The molecule has 3 rings (SSSR count). The van der Waals surface area contributed by atoms with Gasteiger partial charge in [-0.2, -0.15) is 0 Å². The Hall–Kier alpha value is -1.65. The summed E-state index contributed by atoms with van der Waals surface area (Å²) in [6.07, 6.45) is 5.12. The number of nitrogens with one attached hydrogen (secondary N) is 1. The number of fused-ring (bicyclic) bond motifs is 2. The molecule has 1 N–H and O–H groups in total. The number of ether oxygens (including phenoxy) is 1. The summed E-state index contributed by atoms with van der Waals surface area (Å²) in [5.41, 5.74) is 0. The first kappa shape index (κ1) is 15.3. The van der Waals surface area contributed by atoms with Crippen molar-refractivity contribution in [2.75, 3.05) is 6.61 Å². The fourth-order valence-corrected chi connectivity index (χ4v) is 4.02. The molecule has 0 spiro atoms. The Bertz CT molecular complexity index is 564. The van der Waals surface area contributed by atoms with Crippen molar-refractivity contribution in [3.05, 3.63) is 29.8 Å². The van der Waals surface area contributed by atoms with Gasteiger partial charge in [-0.05, 0) is 56.1 Å². The summed E-state index contributed by atoms with van der Waals surface area (Å²) in [5.74, 6) is 0.169. The Morgan fingerprint density at radius 3 is 2.77 bits per heavy atom. The Labute approximate surface area is 129 Å². The second-order valence-corrected chi connectivity index (χ2v) is 6.56. The van der Waals surface area contributed by atoms with Crippen LogP contribution in [0.15, 0.2) is 18.2 Å². The van der Waals surface area contributed by atoms with Crippen LogP contribution in [0.1, 0.15) is 32.6 Å². The molecule has 3 nitrogen and oxygen atoms in total. The highest BCUT2D eigenvalue weighted by molar-refractivity contribution is 5.77. The number of rotatable bonds is 5. The molecule has 0 radical (unpaired) electrons. The van der Waals surface area contributed by atoms with Gasteiger partial charge in [-0.25, -0.2) is 8.78 Å². The minimum atomic E-state index is -0.978. The van der Waals surface area contributed by atoms with Gasteiger partial charge < -0.3 is 10.1 Å². The molecule has 1 amide bonds. The molecule has 0 aromatic heterocycles. The lowest BCUT2D eigenvalue weighted by Gasteiger charge is -2.28. The summed E-state index contributed by atoms with van der Waals surface area (Å²) in [6, 6.07) is 3.38. The molecule has 0 aliphatic heterocycles. The van der Waals surface area contributed by atoms with Crippen LogP contribution in [0.25, 0.3) is 0 Å². The van der Waals surface area contributed by atoms with E-state index in [4.69, 9.17) is 4.74 Å². The molecule has 1 aromatic carbocycles. The molecule has 2 fully saturated rings. The van der Waals surface area contributed by atoms with E-state index in [1.165, 1.54) is 31.7 Å². The summed E-state index contributed by atoms with van der Waals surface area (Å²) in [7, 11) is 0. The highest BCUT2D eigenvalue weighted by Gasteiger charge is 2.42. The van der Waals surface area contributed by atoms with Crippen LogP contribution in [-0.2, 0) is 4.79 Å². The van der Waals surface area contributed by atoms with E-state index in [2.05, 4.69) is 5.32 Å². The van der Waals surface area contributed by atoms with E-state index in [1.807, 2.05) is 6.92 Å². The van der Waals surface area contributed by atoms with Gasteiger partial charge >= 0.3 is 0 Å². The first-order valence-electron chi connectivity index (χ1n) is 7.90. The van der Waals surface area contributed by atoms with Gasteiger partial charge in [-0.3, -0.25) is 4.79 Å². The molecule has 2 aliphatic carbocycles. The predicted molar refractivity (Wildman–Crippen MR) is 78.4 cm³/mol. The van der Waals surface area contributed by atoms with Crippen molar-refractivity contribution < 1.29 is 18.3 Å². The van der Waals surface area contributed by atoms with Crippen LogP contribution >= 0.6 is 0 Å². The number of hydrogen-bond donors (Lipinski definition) is 1. The first-order chi connectivity index (χ1) is 10.5. The second-order valence-electron chi connectivity index (χ2n) is 6.56. The molecule has 2 aliphatic rings. The highest BCUT2D eigenvalue weighted by atomic mass is 19.2. The standard InChI is InChI=1S/C17H21F2NO2/c1-10(14-7-11-2-3-12(14)6-11)20-17(21)9-22-13-4-5-15(18)16(19)8-13/h4-5,8,10-12,14H,2-3,6-7,9H2,1H3,(H,20,21). The van der Waals surface area contributed by atoms with Crippen LogP contribution in [0.2, 0.25) is 0 Å². The van der Waals surface area contributed by atoms with E-state index in [-0.39, 0.29) is 24.3 Å². The van der Waals surface area contributed by atoms with E-state index in [1.54, 1.807) is 0 Å². The van der Waals surface area contributed by atoms with Crippen molar-refractivity contribution >= 4 is 5.91 Å². The molecule has 4 unspecified atom stereocenters. The molecule has 4 atom stereocenters. The molecule has 120 valence electrons. The molecular formula is C17H21F2NO2. The molecular weight excluding hydrogens is 288 g/mol. The van der Waals surface area contributed by atoms with Crippen LogP contribution in [0, 0.1) is 29.4 Å². The molecule has 0 heterocycles. The molecule has 0 saturated heterocycles. The quantitative estimate of drug-likeness (QED) is 0.906. The second kappa shape index (κ2) is 6.23. The Morgan fingerprint density at radius 2 is 2.14 bits per heavy atom. The normalized spacial score (nSPS) is 27.7. The number of halogens is 2. The molecule has 22 heavy (non-hydrogen) atoms. The lowest BCUT2D eigenvalue weighted by Crippen LogP contribution is -2.42. The van der Waals surface area contributed by atoms with E-state index in [0.29, 0.717) is 5.92 Å². The first-order valence-corrected chi connectivity index (χ1v) is 7.90. The van der Waals surface area contributed by atoms with E-state index in [0.717, 1.165) is 24.0 Å². The van der Waals surface area contributed by atoms with Crippen molar-refractivity contribution in [3.8, 4) is 5.75 Å². The maximum atomic E-state index is 13.0. The van der Waals surface area contributed by atoms with Crippen LogP contribution in [-0.4, -0.2) is 18.6 Å². The van der Waals surface area contributed by atoms with Crippen molar-refractivity contribution in [2.24, 2.45) is 17.8 Å². The largest absolute Gasteiger partial charge is 0.484 e. The summed E-state index contributed by atoms with van der Waals surface area (Å²) in [5, 5.41) is 2.97. The maximum Gasteiger partial charge on any atom is 0.258 e. The third-order valence-corrected chi connectivity index (χ3v) is 5.08. The van der Waals surface area contributed by atoms with Crippen LogP contribution in [0.3, 0.4) is 0 Å². The summed E-state index contributed by atoms with van der Waals surface area (Å²) in [4.78, 5) is 11.9. The van der Waals surface area contributed by atoms with E-state index < -0.39 is 11.6 Å². The van der Waals surface area contributed by atoms with Crippen LogP contribution in [0.4, 0.5) is 8.78 Å². The molecule has 2 bridgehead atoms. The summed E-state index contributed by atoms with van der Waals surface area (Å²) >= 11 is 0. The minimum absolute atomic E-state index is 0.136. The zero-order valence-corrected chi connectivity index (χ0v) is 12.6. The summed E-state index contributed by atoms with van der Waals surface area (Å²) < 4.78 is 31.1.